The van der Waals surface area contributed by atoms with E-state index in [-0.39, 0.29) is 6.04 Å². The van der Waals surface area contributed by atoms with Crippen molar-refractivity contribution < 1.29 is 19.8 Å². The van der Waals surface area contributed by atoms with Crippen molar-refractivity contribution in [3.05, 3.63) is 12.7 Å². The van der Waals surface area contributed by atoms with Crippen molar-refractivity contribution >= 4 is 12.0 Å². The van der Waals surface area contributed by atoms with Crippen molar-refractivity contribution in [1.82, 2.24) is 10.2 Å². The summed E-state index contributed by atoms with van der Waals surface area (Å²) >= 11 is 0. The van der Waals surface area contributed by atoms with Crippen LogP contribution in [0.3, 0.4) is 0 Å². The number of carboxylic acids is 1. The van der Waals surface area contributed by atoms with Crippen molar-refractivity contribution in [1.29, 1.82) is 0 Å². The summed E-state index contributed by atoms with van der Waals surface area (Å²) in [5, 5.41) is 20.3. The van der Waals surface area contributed by atoms with Gasteiger partial charge in [-0.25, -0.2) is 9.59 Å². The highest BCUT2D eigenvalue weighted by Gasteiger charge is 2.27. The number of amides is 2. The van der Waals surface area contributed by atoms with Gasteiger partial charge in [0.1, 0.15) is 0 Å². The van der Waals surface area contributed by atoms with Crippen molar-refractivity contribution in [3.63, 3.8) is 0 Å². The van der Waals surface area contributed by atoms with Crippen LogP contribution in [0, 0.1) is 0 Å². The first-order chi connectivity index (χ1) is 7.81. The maximum atomic E-state index is 11.8. The first-order valence-corrected chi connectivity index (χ1v) is 5.40. The second-order valence-corrected chi connectivity index (χ2v) is 4.04. The molecule has 3 N–H and O–H groups in total. The summed E-state index contributed by atoms with van der Waals surface area (Å²) in [4.78, 5) is 24.0. The number of aliphatic hydroxyl groups is 1. The van der Waals surface area contributed by atoms with Crippen LogP contribution in [0.5, 0.6) is 0 Å². The molecule has 0 aliphatic rings. The molecule has 98 valence electrons. The van der Waals surface area contributed by atoms with E-state index < -0.39 is 24.1 Å². The van der Waals surface area contributed by atoms with Gasteiger partial charge < -0.3 is 20.4 Å². The highest BCUT2D eigenvalue weighted by atomic mass is 16.4. The highest BCUT2D eigenvalue weighted by molar-refractivity contribution is 5.83. The average Bonchev–Trinajstić information content (AvgIpc) is 2.20. The topological polar surface area (TPSA) is 89.9 Å². The number of urea groups is 1. The molecule has 0 fully saturated rings. The van der Waals surface area contributed by atoms with Crippen LogP contribution >= 0.6 is 0 Å². The van der Waals surface area contributed by atoms with Gasteiger partial charge in [0.15, 0.2) is 6.04 Å². The first-order valence-electron chi connectivity index (χ1n) is 5.40. The number of carbonyl (C=O) groups excluding carboxylic acids is 1. The number of rotatable bonds is 6. The summed E-state index contributed by atoms with van der Waals surface area (Å²) in [5.41, 5.74) is 0. The lowest BCUT2D eigenvalue weighted by Crippen LogP contribution is -2.53. The summed E-state index contributed by atoms with van der Waals surface area (Å²) in [6, 6.07) is -1.93. The van der Waals surface area contributed by atoms with Gasteiger partial charge >= 0.3 is 12.0 Å². The Morgan fingerprint density at radius 1 is 1.41 bits per heavy atom. The van der Waals surface area contributed by atoms with Gasteiger partial charge in [-0.3, -0.25) is 0 Å². The molecule has 0 spiro atoms. The van der Waals surface area contributed by atoms with Crippen LogP contribution in [0.1, 0.15) is 20.8 Å². The van der Waals surface area contributed by atoms with Gasteiger partial charge in [-0.05, 0) is 20.8 Å². The summed E-state index contributed by atoms with van der Waals surface area (Å²) in [6.45, 7) is 8.77. The minimum absolute atomic E-state index is 0.0866. The standard InChI is InChI=1S/C11H20N2O4/c1-5-6-13(7(2)3)11(17)12-9(8(4)14)10(15)16/h5,7-9,14H,1,6H2,2-4H3,(H,12,17)(H,15,16). The van der Waals surface area contributed by atoms with Gasteiger partial charge in [0.25, 0.3) is 0 Å². The molecule has 6 nitrogen and oxygen atoms in total. The van der Waals surface area contributed by atoms with E-state index in [0.29, 0.717) is 6.54 Å². The molecule has 0 aromatic heterocycles. The number of carboxylic acid groups (broad SMARTS) is 1. The molecule has 2 unspecified atom stereocenters. The van der Waals surface area contributed by atoms with Crippen molar-refractivity contribution in [3.8, 4) is 0 Å². The molecular formula is C11H20N2O4. The maximum Gasteiger partial charge on any atom is 0.328 e. The maximum absolute atomic E-state index is 11.8. The van der Waals surface area contributed by atoms with Crippen LogP contribution < -0.4 is 5.32 Å². The minimum atomic E-state index is -1.31. The number of nitrogens with zero attached hydrogens (tertiary/aromatic N) is 1. The Hall–Kier alpha value is -1.56. The molecule has 2 amide bonds. The average molecular weight is 244 g/mol. The normalized spacial score (nSPS) is 13.9. The summed E-state index contributed by atoms with van der Waals surface area (Å²) < 4.78 is 0. The Kier molecular flexibility index (Phi) is 6.27. The van der Waals surface area contributed by atoms with Gasteiger partial charge in [0, 0.05) is 12.6 Å². The van der Waals surface area contributed by atoms with Crippen LogP contribution in [0.25, 0.3) is 0 Å². The summed E-state index contributed by atoms with van der Waals surface area (Å²) in [7, 11) is 0. The Morgan fingerprint density at radius 2 is 1.94 bits per heavy atom. The molecule has 17 heavy (non-hydrogen) atoms. The lowest BCUT2D eigenvalue weighted by molar-refractivity contribution is -0.141. The molecule has 6 heteroatoms. The first kappa shape index (κ1) is 15.4. The fourth-order valence-electron chi connectivity index (χ4n) is 1.27. The smallest absolute Gasteiger partial charge is 0.328 e. The van der Waals surface area contributed by atoms with E-state index in [9.17, 15) is 14.7 Å². The second-order valence-electron chi connectivity index (χ2n) is 4.04. The third-order valence-corrected chi connectivity index (χ3v) is 2.24. The van der Waals surface area contributed by atoms with Crippen LogP contribution in [0.4, 0.5) is 4.79 Å². The third kappa shape index (κ3) is 4.86. The molecule has 0 saturated carbocycles. The predicted molar refractivity (Wildman–Crippen MR) is 63.7 cm³/mol. The zero-order chi connectivity index (χ0) is 13.6. The van der Waals surface area contributed by atoms with Crippen molar-refractivity contribution in [2.24, 2.45) is 0 Å². The van der Waals surface area contributed by atoms with E-state index in [1.807, 2.05) is 0 Å². The molecule has 0 heterocycles. The Bertz CT molecular complexity index is 289. The number of hydrogen-bond donors (Lipinski definition) is 3. The van der Waals surface area contributed by atoms with Gasteiger partial charge in [-0.1, -0.05) is 6.08 Å². The van der Waals surface area contributed by atoms with E-state index in [4.69, 9.17) is 5.11 Å². The molecule has 0 radical (unpaired) electrons. The number of aliphatic carboxylic acids is 1. The lowest BCUT2D eigenvalue weighted by Gasteiger charge is -2.28. The van der Waals surface area contributed by atoms with E-state index in [1.54, 1.807) is 19.9 Å². The van der Waals surface area contributed by atoms with Gasteiger partial charge in [-0.2, -0.15) is 0 Å². The van der Waals surface area contributed by atoms with Crippen LogP contribution in [0.2, 0.25) is 0 Å². The predicted octanol–water partition coefficient (Wildman–Crippen LogP) is 0.426. The molecule has 0 aromatic rings. The molecule has 0 bridgehead atoms. The van der Waals surface area contributed by atoms with Gasteiger partial charge in [0.05, 0.1) is 6.10 Å². The Labute approximate surface area is 101 Å². The molecule has 0 aromatic carbocycles. The fraction of sp³-hybridized carbons (Fsp3) is 0.636. The van der Waals surface area contributed by atoms with E-state index in [2.05, 4.69) is 11.9 Å². The Morgan fingerprint density at radius 3 is 2.24 bits per heavy atom. The molecule has 0 aliphatic heterocycles. The van der Waals surface area contributed by atoms with E-state index in [1.165, 1.54) is 11.8 Å². The second kappa shape index (κ2) is 6.90. The summed E-state index contributed by atoms with van der Waals surface area (Å²) in [6.07, 6.45) is 0.395. The van der Waals surface area contributed by atoms with Gasteiger partial charge in [-0.15, -0.1) is 6.58 Å². The van der Waals surface area contributed by atoms with E-state index >= 15 is 0 Å². The number of hydrogen-bond acceptors (Lipinski definition) is 3. The number of nitrogens with one attached hydrogen (secondary N) is 1. The lowest BCUT2D eigenvalue weighted by atomic mass is 10.2. The van der Waals surface area contributed by atoms with Gasteiger partial charge in [0.2, 0.25) is 0 Å². The molecule has 0 rings (SSSR count). The molecule has 2 atom stereocenters. The Balaban J connectivity index is 4.67. The molecule has 0 saturated heterocycles. The van der Waals surface area contributed by atoms with Crippen molar-refractivity contribution in [2.75, 3.05) is 6.54 Å². The fourth-order valence-corrected chi connectivity index (χ4v) is 1.27. The SMILES string of the molecule is C=CCN(C(=O)NC(C(=O)O)C(C)O)C(C)C. The highest BCUT2D eigenvalue weighted by Crippen LogP contribution is 2.01. The number of carbonyl (C=O) groups is 2. The molecule has 0 aliphatic carbocycles. The van der Waals surface area contributed by atoms with Crippen LogP contribution in [-0.4, -0.2) is 51.8 Å². The zero-order valence-corrected chi connectivity index (χ0v) is 10.4. The minimum Gasteiger partial charge on any atom is -0.480 e. The summed E-state index contributed by atoms with van der Waals surface area (Å²) in [5.74, 6) is -1.27. The van der Waals surface area contributed by atoms with E-state index in [0.717, 1.165) is 0 Å². The number of aliphatic hydroxyl groups excluding tert-OH is 1. The third-order valence-electron chi connectivity index (χ3n) is 2.24. The quantitative estimate of drug-likeness (QED) is 0.591. The van der Waals surface area contributed by atoms with Crippen molar-refractivity contribution in [2.45, 2.75) is 39.0 Å². The zero-order valence-electron chi connectivity index (χ0n) is 10.4. The monoisotopic (exact) mass is 244 g/mol. The largest absolute Gasteiger partial charge is 0.480 e. The van der Waals surface area contributed by atoms with Crippen LogP contribution in [-0.2, 0) is 4.79 Å². The molecular weight excluding hydrogens is 224 g/mol. The van der Waals surface area contributed by atoms with Crippen LogP contribution in [0.15, 0.2) is 12.7 Å².